The Kier molecular flexibility index (Phi) is 4.03. The largest absolute Gasteiger partial charge is 0.389 e. The zero-order valence-corrected chi connectivity index (χ0v) is 15.2. The monoisotopic (exact) mass is 353 g/mol. The number of hydrogen-bond acceptors (Lipinski definition) is 4. The molecule has 0 spiro atoms. The van der Waals surface area contributed by atoms with Gasteiger partial charge in [0.1, 0.15) is 5.82 Å². The number of benzene rings is 1. The second kappa shape index (κ2) is 6.25. The van der Waals surface area contributed by atoms with Crippen molar-refractivity contribution in [3.63, 3.8) is 0 Å². The molecular formula is C19H23N5O2. The number of aromatic nitrogens is 4. The Labute approximate surface area is 151 Å². The number of nitrogens with zero attached hydrogens (tertiary/aromatic N) is 5. The standard InChI is InChI=1S/C19H23N5O2/c1-12-20-8-9-24(12)17-7-6-16(18(17)25)23(3)19(26)13-4-5-15-14(10-13)21-11-22(15)2/h4-5,8-11,16-18,25H,6-7H2,1-3H3/t16-,17-,18-/m1/s1. The molecule has 3 atom stereocenters. The molecule has 1 fully saturated rings. The topological polar surface area (TPSA) is 76.2 Å². The molecule has 0 saturated heterocycles. The number of carbonyl (C=O) groups is 1. The summed E-state index contributed by atoms with van der Waals surface area (Å²) < 4.78 is 3.93. The molecular weight excluding hydrogens is 330 g/mol. The van der Waals surface area contributed by atoms with Gasteiger partial charge in [-0.05, 0) is 38.0 Å². The van der Waals surface area contributed by atoms with Crippen LogP contribution in [0.5, 0.6) is 0 Å². The van der Waals surface area contributed by atoms with Crippen molar-refractivity contribution >= 4 is 16.9 Å². The molecule has 2 heterocycles. The van der Waals surface area contributed by atoms with E-state index in [1.54, 1.807) is 24.5 Å². The molecule has 1 aromatic carbocycles. The van der Waals surface area contributed by atoms with Crippen molar-refractivity contribution < 1.29 is 9.90 Å². The normalized spacial score (nSPS) is 22.8. The van der Waals surface area contributed by atoms with Crippen molar-refractivity contribution in [2.45, 2.75) is 38.0 Å². The van der Waals surface area contributed by atoms with Gasteiger partial charge in [-0.3, -0.25) is 4.79 Å². The average molecular weight is 353 g/mol. The predicted molar refractivity (Wildman–Crippen MR) is 97.8 cm³/mol. The van der Waals surface area contributed by atoms with Gasteiger partial charge in [-0.2, -0.15) is 0 Å². The Morgan fingerprint density at radius 1 is 1.31 bits per heavy atom. The number of aliphatic hydroxyl groups is 1. The first-order valence-corrected chi connectivity index (χ1v) is 8.83. The summed E-state index contributed by atoms with van der Waals surface area (Å²) in [5.74, 6) is 0.786. The van der Waals surface area contributed by atoms with E-state index in [1.807, 2.05) is 47.5 Å². The molecule has 0 bridgehead atoms. The molecule has 4 rings (SSSR count). The Balaban J connectivity index is 1.55. The lowest BCUT2D eigenvalue weighted by Crippen LogP contribution is -2.43. The van der Waals surface area contributed by atoms with Crippen molar-refractivity contribution in [3.8, 4) is 0 Å². The molecule has 26 heavy (non-hydrogen) atoms. The highest BCUT2D eigenvalue weighted by molar-refractivity contribution is 5.97. The van der Waals surface area contributed by atoms with Gasteiger partial charge >= 0.3 is 0 Å². The summed E-state index contributed by atoms with van der Waals surface area (Å²) in [6.07, 6.45) is 6.34. The van der Waals surface area contributed by atoms with E-state index in [9.17, 15) is 9.90 Å². The molecule has 1 aliphatic carbocycles. The number of hydrogen-bond donors (Lipinski definition) is 1. The molecule has 1 aliphatic rings. The first-order valence-electron chi connectivity index (χ1n) is 8.83. The summed E-state index contributed by atoms with van der Waals surface area (Å²) >= 11 is 0. The van der Waals surface area contributed by atoms with Crippen molar-refractivity contribution in [1.29, 1.82) is 0 Å². The summed E-state index contributed by atoms with van der Waals surface area (Å²) in [5.41, 5.74) is 2.37. The minimum atomic E-state index is -0.615. The second-order valence-electron chi connectivity index (χ2n) is 7.06. The number of aliphatic hydroxyl groups excluding tert-OH is 1. The van der Waals surface area contributed by atoms with Gasteiger partial charge in [0.25, 0.3) is 5.91 Å². The SMILES string of the molecule is Cc1nccn1[C@@H]1CC[C@@H](N(C)C(=O)c2ccc3c(c2)ncn3C)[C@H]1O. The molecule has 0 aliphatic heterocycles. The maximum absolute atomic E-state index is 12.9. The highest BCUT2D eigenvalue weighted by Crippen LogP contribution is 2.34. The smallest absolute Gasteiger partial charge is 0.254 e. The van der Waals surface area contributed by atoms with E-state index in [-0.39, 0.29) is 18.0 Å². The van der Waals surface area contributed by atoms with Crippen LogP contribution in [0.1, 0.15) is 35.1 Å². The maximum Gasteiger partial charge on any atom is 0.254 e. The van der Waals surface area contributed by atoms with E-state index in [0.717, 1.165) is 29.7 Å². The van der Waals surface area contributed by atoms with Gasteiger partial charge in [-0.15, -0.1) is 0 Å². The van der Waals surface area contributed by atoms with Crippen LogP contribution in [0, 0.1) is 6.92 Å². The fourth-order valence-corrected chi connectivity index (χ4v) is 4.03. The molecule has 7 nitrogen and oxygen atoms in total. The average Bonchev–Trinajstić information content (AvgIpc) is 3.33. The molecule has 0 radical (unpaired) electrons. The minimum absolute atomic E-state index is 0.0454. The van der Waals surface area contributed by atoms with E-state index in [2.05, 4.69) is 9.97 Å². The number of likely N-dealkylation sites (N-methyl/N-ethyl adjacent to an activating group) is 1. The zero-order valence-electron chi connectivity index (χ0n) is 15.2. The number of aryl methyl sites for hydroxylation is 2. The Morgan fingerprint density at radius 3 is 2.85 bits per heavy atom. The lowest BCUT2D eigenvalue weighted by atomic mass is 10.1. The third kappa shape index (κ3) is 2.59. The highest BCUT2D eigenvalue weighted by Gasteiger charge is 2.40. The van der Waals surface area contributed by atoms with Crippen LogP contribution >= 0.6 is 0 Å². The van der Waals surface area contributed by atoms with Crippen LogP contribution in [0.2, 0.25) is 0 Å². The molecule has 1 N–H and O–H groups in total. The van der Waals surface area contributed by atoms with Gasteiger partial charge in [0.05, 0.1) is 35.5 Å². The third-order valence-electron chi connectivity index (χ3n) is 5.56. The highest BCUT2D eigenvalue weighted by atomic mass is 16.3. The van der Waals surface area contributed by atoms with E-state index >= 15 is 0 Å². The van der Waals surface area contributed by atoms with Crippen molar-refractivity contribution in [2.75, 3.05) is 7.05 Å². The molecule has 0 unspecified atom stereocenters. The number of imidazole rings is 2. The second-order valence-corrected chi connectivity index (χ2v) is 7.06. The lowest BCUT2D eigenvalue weighted by molar-refractivity contribution is 0.0441. The first kappa shape index (κ1) is 16.8. The Morgan fingerprint density at radius 2 is 2.12 bits per heavy atom. The fourth-order valence-electron chi connectivity index (χ4n) is 4.03. The van der Waals surface area contributed by atoms with Crippen LogP contribution in [0.25, 0.3) is 11.0 Å². The first-order chi connectivity index (χ1) is 12.5. The predicted octanol–water partition coefficient (Wildman–Crippen LogP) is 1.91. The van der Waals surface area contributed by atoms with Crippen LogP contribution in [-0.4, -0.2) is 54.2 Å². The minimum Gasteiger partial charge on any atom is -0.389 e. The van der Waals surface area contributed by atoms with Crippen molar-refractivity contribution in [3.05, 3.63) is 48.3 Å². The number of rotatable bonds is 3. The summed E-state index contributed by atoms with van der Waals surface area (Å²) in [6, 6.07) is 5.28. The van der Waals surface area contributed by atoms with Gasteiger partial charge in [0, 0.05) is 32.1 Å². The molecule has 1 amide bonds. The Bertz CT molecular complexity index is 960. The van der Waals surface area contributed by atoms with Crippen molar-refractivity contribution in [1.82, 2.24) is 24.0 Å². The third-order valence-corrected chi connectivity index (χ3v) is 5.56. The van der Waals surface area contributed by atoms with Crippen LogP contribution in [0.4, 0.5) is 0 Å². The summed E-state index contributed by atoms with van der Waals surface area (Å²) in [5, 5.41) is 10.8. The van der Waals surface area contributed by atoms with Gasteiger partial charge in [0.2, 0.25) is 0 Å². The lowest BCUT2D eigenvalue weighted by Gasteiger charge is -2.29. The van der Waals surface area contributed by atoms with E-state index in [0.29, 0.717) is 5.56 Å². The maximum atomic E-state index is 12.9. The van der Waals surface area contributed by atoms with Gasteiger partial charge < -0.3 is 19.1 Å². The fraction of sp³-hybridized carbons (Fsp3) is 0.421. The van der Waals surface area contributed by atoms with Crippen molar-refractivity contribution in [2.24, 2.45) is 7.05 Å². The van der Waals surface area contributed by atoms with E-state index < -0.39 is 6.10 Å². The molecule has 7 heteroatoms. The Hall–Kier alpha value is -2.67. The van der Waals surface area contributed by atoms with E-state index in [4.69, 9.17) is 0 Å². The van der Waals surface area contributed by atoms with Gasteiger partial charge in [-0.25, -0.2) is 9.97 Å². The van der Waals surface area contributed by atoms with Crippen LogP contribution in [-0.2, 0) is 7.05 Å². The molecule has 3 aromatic rings. The molecule has 2 aromatic heterocycles. The zero-order chi connectivity index (χ0) is 18.4. The summed E-state index contributed by atoms with van der Waals surface area (Å²) in [4.78, 5) is 23.2. The number of amides is 1. The van der Waals surface area contributed by atoms with Crippen LogP contribution in [0.15, 0.2) is 36.9 Å². The van der Waals surface area contributed by atoms with E-state index in [1.165, 1.54) is 0 Å². The molecule has 136 valence electrons. The van der Waals surface area contributed by atoms with Gasteiger partial charge in [0.15, 0.2) is 0 Å². The number of fused-ring (bicyclic) bond motifs is 1. The quantitative estimate of drug-likeness (QED) is 0.780. The number of carbonyl (C=O) groups excluding carboxylic acids is 1. The molecule has 1 saturated carbocycles. The van der Waals surface area contributed by atoms with Gasteiger partial charge in [-0.1, -0.05) is 0 Å². The van der Waals surface area contributed by atoms with Crippen LogP contribution in [0.3, 0.4) is 0 Å². The van der Waals surface area contributed by atoms with Crippen LogP contribution < -0.4 is 0 Å². The summed E-state index contributed by atoms with van der Waals surface area (Å²) in [7, 11) is 3.69. The summed E-state index contributed by atoms with van der Waals surface area (Å²) in [6.45, 7) is 1.93.